The fourth-order valence-corrected chi connectivity index (χ4v) is 2.97. The molecule has 0 unspecified atom stereocenters. The molecule has 0 bridgehead atoms. The van der Waals surface area contributed by atoms with E-state index in [0.717, 1.165) is 23.7 Å². The van der Waals surface area contributed by atoms with Crippen LogP contribution in [0.25, 0.3) is 0 Å². The molecule has 0 saturated carbocycles. The smallest absolute Gasteiger partial charge is 0.255 e. The van der Waals surface area contributed by atoms with Crippen LogP contribution in [-0.2, 0) is 6.42 Å². The van der Waals surface area contributed by atoms with Gasteiger partial charge in [-0.2, -0.15) is 4.98 Å². The molecule has 3 aromatic rings. The Bertz CT molecular complexity index is 1100. The molecule has 5 N–H and O–H groups in total. The number of carbonyl (C=O) groups excluding carboxylic acids is 1. The van der Waals surface area contributed by atoms with E-state index in [4.69, 9.17) is 33.5 Å². The summed E-state index contributed by atoms with van der Waals surface area (Å²) in [5.41, 5.74) is 6.60. The number of aromatic nitrogens is 2. The number of hydrogen-bond acceptors (Lipinski definition) is 7. The van der Waals surface area contributed by atoms with Crippen molar-refractivity contribution in [2.45, 2.75) is 32.7 Å². The first-order valence-electron chi connectivity index (χ1n) is 9.62. The minimum atomic E-state index is -0.659. The van der Waals surface area contributed by atoms with Gasteiger partial charge in [0.15, 0.2) is 17.3 Å². The van der Waals surface area contributed by atoms with Crippen LogP contribution < -0.4 is 11.1 Å². The van der Waals surface area contributed by atoms with E-state index >= 15 is 0 Å². The SMILES string of the molecule is C=C(N)CC.Cc1noc([C@H](Cc2ccccc2)NC(=O)c2cc(Cl)c(O)c(Cl)c2O)n1.Cl.[HH]. The van der Waals surface area contributed by atoms with Gasteiger partial charge < -0.3 is 25.8 Å². The number of nitrogens with two attached hydrogens (primary N) is 1. The lowest BCUT2D eigenvalue weighted by Gasteiger charge is -2.16. The molecule has 0 aliphatic rings. The van der Waals surface area contributed by atoms with Crippen LogP contribution in [0.5, 0.6) is 11.5 Å². The number of aromatic hydroxyl groups is 2. The Morgan fingerprint density at radius 1 is 1.27 bits per heavy atom. The van der Waals surface area contributed by atoms with E-state index in [1.807, 2.05) is 37.3 Å². The van der Waals surface area contributed by atoms with Gasteiger partial charge in [0.25, 0.3) is 5.91 Å². The third-order valence-corrected chi connectivity index (χ3v) is 4.94. The quantitative estimate of drug-likeness (QED) is 0.346. The summed E-state index contributed by atoms with van der Waals surface area (Å²) in [5.74, 6) is -1.08. The number of phenols is 2. The lowest BCUT2D eigenvalue weighted by Crippen LogP contribution is -2.30. The van der Waals surface area contributed by atoms with Crippen LogP contribution in [0.1, 0.15) is 48.4 Å². The summed E-state index contributed by atoms with van der Waals surface area (Å²) in [7, 11) is 0. The number of rotatable bonds is 6. The van der Waals surface area contributed by atoms with Crippen molar-refractivity contribution < 1.29 is 21.0 Å². The van der Waals surface area contributed by atoms with Crippen LogP contribution in [0.3, 0.4) is 0 Å². The van der Waals surface area contributed by atoms with Crippen molar-refractivity contribution in [2.24, 2.45) is 5.73 Å². The van der Waals surface area contributed by atoms with Gasteiger partial charge in [0.05, 0.1) is 10.6 Å². The number of allylic oxidation sites excluding steroid dienone is 1. The van der Waals surface area contributed by atoms with Gasteiger partial charge >= 0.3 is 0 Å². The Labute approximate surface area is 209 Å². The first-order chi connectivity index (χ1) is 15.1. The molecule has 0 fully saturated rings. The fourth-order valence-electron chi connectivity index (χ4n) is 2.51. The average Bonchev–Trinajstić information content (AvgIpc) is 3.21. The van der Waals surface area contributed by atoms with E-state index < -0.39 is 28.5 Å². The number of amides is 1. The molecule has 0 radical (unpaired) electrons. The van der Waals surface area contributed by atoms with E-state index in [-0.39, 0.29) is 30.3 Å². The summed E-state index contributed by atoms with van der Waals surface area (Å²) in [6, 6.07) is 9.91. The zero-order valence-electron chi connectivity index (χ0n) is 18.0. The lowest BCUT2D eigenvalue weighted by atomic mass is 10.0. The van der Waals surface area contributed by atoms with Gasteiger partial charge in [0.1, 0.15) is 11.1 Å². The average molecular weight is 518 g/mol. The molecule has 1 amide bonds. The highest BCUT2D eigenvalue weighted by molar-refractivity contribution is 6.38. The number of hydrogen-bond donors (Lipinski definition) is 4. The predicted molar refractivity (Wildman–Crippen MR) is 132 cm³/mol. The third kappa shape index (κ3) is 7.85. The van der Waals surface area contributed by atoms with Crippen molar-refractivity contribution in [3.05, 3.63) is 81.6 Å². The molecule has 1 aromatic heterocycles. The van der Waals surface area contributed by atoms with Gasteiger partial charge in [-0.15, -0.1) is 12.4 Å². The minimum absolute atomic E-state index is 0. The van der Waals surface area contributed by atoms with E-state index in [0.29, 0.717) is 12.2 Å². The third-order valence-electron chi connectivity index (χ3n) is 4.30. The van der Waals surface area contributed by atoms with Gasteiger partial charge in [-0.05, 0) is 25.0 Å². The van der Waals surface area contributed by atoms with Crippen molar-refractivity contribution in [1.82, 2.24) is 15.5 Å². The van der Waals surface area contributed by atoms with Crippen molar-refractivity contribution in [3.63, 3.8) is 0 Å². The summed E-state index contributed by atoms with van der Waals surface area (Å²) >= 11 is 11.7. The normalized spacial score (nSPS) is 10.9. The highest BCUT2D eigenvalue weighted by Gasteiger charge is 2.25. The molecule has 180 valence electrons. The van der Waals surface area contributed by atoms with Gasteiger partial charge in [-0.1, -0.05) is 72.2 Å². The highest BCUT2D eigenvalue weighted by Crippen LogP contribution is 2.41. The molecule has 0 aliphatic carbocycles. The highest BCUT2D eigenvalue weighted by atomic mass is 35.5. The predicted octanol–water partition coefficient (Wildman–Crippen LogP) is 5.35. The Morgan fingerprint density at radius 3 is 2.39 bits per heavy atom. The van der Waals surface area contributed by atoms with Crippen molar-refractivity contribution in [2.75, 3.05) is 0 Å². The number of phenolic OH excluding ortho intramolecular Hbond substituents is 2. The monoisotopic (exact) mass is 516 g/mol. The molecule has 3 rings (SSSR count). The van der Waals surface area contributed by atoms with Crippen LogP contribution >= 0.6 is 35.6 Å². The molecule has 11 heteroatoms. The molecular formula is C22H27Cl3N4O4. The molecular weight excluding hydrogens is 491 g/mol. The molecule has 0 spiro atoms. The van der Waals surface area contributed by atoms with Crippen molar-refractivity contribution in [1.29, 1.82) is 0 Å². The zero-order valence-corrected chi connectivity index (χ0v) is 20.3. The number of nitrogens with zero attached hydrogens (tertiary/aromatic N) is 2. The van der Waals surface area contributed by atoms with Gasteiger partial charge in [0, 0.05) is 13.5 Å². The molecule has 1 atom stereocenters. The number of nitrogens with one attached hydrogen (secondary N) is 1. The first kappa shape index (κ1) is 28.1. The van der Waals surface area contributed by atoms with Crippen LogP contribution in [0, 0.1) is 6.92 Å². The van der Waals surface area contributed by atoms with Crippen LogP contribution in [-0.4, -0.2) is 26.3 Å². The largest absolute Gasteiger partial charge is 0.505 e. The minimum Gasteiger partial charge on any atom is -0.505 e. The van der Waals surface area contributed by atoms with Crippen LogP contribution in [0.15, 0.2) is 53.2 Å². The maximum Gasteiger partial charge on any atom is 0.255 e. The summed E-state index contributed by atoms with van der Waals surface area (Å²) in [6.07, 6.45) is 1.27. The Balaban J connectivity index is 0.00000141. The summed E-state index contributed by atoms with van der Waals surface area (Å²) in [6.45, 7) is 7.09. The van der Waals surface area contributed by atoms with Crippen LogP contribution in [0.4, 0.5) is 0 Å². The van der Waals surface area contributed by atoms with E-state index in [1.165, 1.54) is 0 Å². The molecule has 0 saturated heterocycles. The van der Waals surface area contributed by atoms with Gasteiger partial charge in [-0.25, -0.2) is 0 Å². The number of carbonyl (C=O) groups is 1. The lowest BCUT2D eigenvalue weighted by molar-refractivity contribution is 0.0925. The second kappa shape index (κ2) is 12.9. The molecule has 2 aromatic carbocycles. The fraction of sp³-hybridized carbons (Fsp3) is 0.227. The molecule has 33 heavy (non-hydrogen) atoms. The topological polar surface area (TPSA) is 134 Å². The number of halogens is 3. The van der Waals surface area contributed by atoms with Gasteiger partial charge in [0.2, 0.25) is 5.89 Å². The number of aryl methyl sites for hydroxylation is 1. The molecule has 0 aliphatic heterocycles. The summed E-state index contributed by atoms with van der Waals surface area (Å²) < 4.78 is 5.20. The number of benzene rings is 2. The van der Waals surface area contributed by atoms with Crippen LogP contribution in [0.2, 0.25) is 10.0 Å². The zero-order chi connectivity index (χ0) is 23.8. The van der Waals surface area contributed by atoms with Crippen molar-refractivity contribution >= 4 is 41.5 Å². The molecule has 8 nitrogen and oxygen atoms in total. The Hall–Kier alpha value is -2.94. The van der Waals surface area contributed by atoms with Gasteiger partial charge in [-0.3, -0.25) is 4.79 Å². The van der Waals surface area contributed by atoms with Crippen molar-refractivity contribution in [3.8, 4) is 11.5 Å². The molecule has 1 heterocycles. The van der Waals surface area contributed by atoms with E-state index in [2.05, 4.69) is 22.0 Å². The Morgan fingerprint density at radius 2 is 1.88 bits per heavy atom. The first-order valence-corrected chi connectivity index (χ1v) is 10.4. The Kier molecular flexibility index (Phi) is 11.0. The maximum absolute atomic E-state index is 12.7. The second-order valence-corrected chi connectivity index (χ2v) is 7.61. The summed E-state index contributed by atoms with van der Waals surface area (Å²) in [5, 5.41) is 25.7. The summed E-state index contributed by atoms with van der Waals surface area (Å²) in [4.78, 5) is 16.9. The maximum atomic E-state index is 12.7. The standard InChI is InChI=1S/C18H15Cl2N3O4.C4H9N.ClH.H2/c1-9-21-18(27-23-9)13(7-10-5-3-2-4-6-10)22-17(26)11-8-12(19)16(25)14(20)15(11)24;1-3-4(2)5;;/h2-6,8,13,24-25H,7H2,1H3,(H,22,26);2-3,5H2,1H3;2*1H/t13-;;;/m0.../s1. The van der Waals surface area contributed by atoms with E-state index in [9.17, 15) is 15.0 Å². The van der Waals surface area contributed by atoms with E-state index in [1.54, 1.807) is 6.92 Å². The second-order valence-electron chi connectivity index (χ2n) is 6.82.